The van der Waals surface area contributed by atoms with Crippen LogP contribution in [-0.4, -0.2) is 33.8 Å². The number of fused-ring (bicyclic) bond motifs is 1. The Morgan fingerprint density at radius 3 is 2.77 bits per heavy atom. The summed E-state index contributed by atoms with van der Waals surface area (Å²) in [5, 5.41) is 8.49. The van der Waals surface area contributed by atoms with Crippen molar-refractivity contribution in [3.05, 3.63) is 58.5 Å². The number of hydrogen-bond acceptors (Lipinski definition) is 6. The third-order valence-electron chi connectivity index (χ3n) is 5.34. The molecule has 0 spiro atoms. The molecule has 8 heteroatoms. The molecule has 3 aromatic rings. The van der Waals surface area contributed by atoms with Crippen LogP contribution in [-0.2, 0) is 11.2 Å². The number of amides is 2. The largest absolute Gasteiger partial charge is 0.355 e. The number of anilines is 1. The van der Waals surface area contributed by atoms with Gasteiger partial charge >= 0.3 is 0 Å². The molecule has 2 amide bonds. The maximum atomic E-state index is 12.4. The van der Waals surface area contributed by atoms with Crippen molar-refractivity contribution in [2.75, 3.05) is 12.4 Å². The third-order valence-corrected chi connectivity index (χ3v) is 6.16. The molecule has 3 aromatic heterocycles. The zero-order valence-electron chi connectivity index (χ0n) is 16.3. The number of hydrogen-bond donors (Lipinski definition) is 2. The number of aromatic nitrogens is 3. The number of thiazole rings is 1. The lowest BCUT2D eigenvalue weighted by molar-refractivity contribution is -0.117. The number of carbonyl (C=O) groups is 2. The lowest BCUT2D eigenvalue weighted by atomic mass is 10.0. The molecule has 3 heterocycles. The minimum Gasteiger partial charge on any atom is -0.355 e. The predicted octanol–water partition coefficient (Wildman–Crippen LogP) is 3.40. The molecule has 150 valence electrons. The molecule has 2 aliphatic rings. The van der Waals surface area contributed by atoms with Crippen LogP contribution in [0.4, 0.5) is 5.82 Å². The molecule has 2 aliphatic carbocycles. The van der Waals surface area contributed by atoms with Crippen LogP contribution >= 0.6 is 11.3 Å². The summed E-state index contributed by atoms with van der Waals surface area (Å²) < 4.78 is 0. The molecule has 1 saturated carbocycles. The molecule has 7 nitrogen and oxygen atoms in total. The fourth-order valence-electron chi connectivity index (χ4n) is 3.58. The molecule has 30 heavy (non-hydrogen) atoms. The smallest absolute Gasteiger partial charge is 0.253 e. The molecule has 5 rings (SSSR count). The van der Waals surface area contributed by atoms with E-state index < -0.39 is 0 Å². The maximum Gasteiger partial charge on any atom is 0.253 e. The molecule has 0 aromatic carbocycles. The number of nitrogens with zero attached hydrogens (tertiary/aromatic N) is 3. The molecule has 0 saturated heterocycles. The fourth-order valence-corrected chi connectivity index (χ4v) is 4.22. The Balaban J connectivity index is 1.53. The molecular formula is C22H19N5O2S. The number of carbonyl (C=O) groups excluding carboxylic acids is 2. The molecule has 0 bridgehead atoms. The van der Waals surface area contributed by atoms with Crippen LogP contribution in [0.15, 0.2) is 36.1 Å². The molecule has 0 radical (unpaired) electrons. The van der Waals surface area contributed by atoms with E-state index in [1.165, 1.54) is 6.20 Å². The minimum atomic E-state index is -0.208. The van der Waals surface area contributed by atoms with Gasteiger partial charge in [0.25, 0.3) is 5.91 Å². The van der Waals surface area contributed by atoms with Crippen molar-refractivity contribution in [1.82, 2.24) is 20.3 Å². The third kappa shape index (κ3) is 3.39. The Hall–Kier alpha value is -3.39. The number of pyridine rings is 2. The van der Waals surface area contributed by atoms with Gasteiger partial charge in [0.15, 0.2) is 0 Å². The summed E-state index contributed by atoms with van der Waals surface area (Å²) in [5.41, 5.74) is 4.92. The Morgan fingerprint density at radius 2 is 2.03 bits per heavy atom. The number of nitrogens with one attached hydrogen (secondary N) is 2. The Labute approximate surface area is 177 Å². The van der Waals surface area contributed by atoms with E-state index in [1.807, 2.05) is 23.6 Å². The summed E-state index contributed by atoms with van der Waals surface area (Å²) in [4.78, 5) is 38.0. The van der Waals surface area contributed by atoms with Crippen LogP contribution in [0.25, 0.3) is 22.2 Å². The van der Waals surface area contributed by atoms with Gasteiger partial charge in [-0.3, -0.25) is 14.6 Å². The SMILES string of the molecule is CNC(=O)c1cnc(NC(=O)C2CC2)c2c1C=C(c1cc(-c3nccs3)ccn1)C2. The first-order chi connectivity index (χ1) is 14.6. The maximum absolute atomic E-state index is 12.4. The Kier molecular flexibility index (Phi) is 4.63. The van der Waals surface area contributed by atoms with Gasteiger partial charge in [-0.1, -0.05) is 0 Å². The molecular weight excluding hydrogens is 398 g/mol. The molecule has 0 atom stereocenters. The summed E-state index contributed by atoms with van der Waals surface area (Å²) in [6.45, 7) is 0. The highest BCUT2D eigenvalue weighted by Gasteiger charge is 2.32. The molecule has 0 aliphatic heterocycles. The van der Waals surface area contributed by atoms with Gasteiger partial charge < -0.3 is 10.6 Å². The topological polar surface area (TPSA) is 96.9 Å². The van der Waals surface area contributed by atoms with E-state index in [4.69, 9.17) is 0 Å². The standard InChI is InChI=1S/C22H19N5O2S/c1-23-21(29)17-11-26-19(27-20(28)12-2-3-12)16-9-14(8-15(16)17)18-10-13(4-5-24-18)22-25-6-7-30-22/h4-8,10-12H,2-3,9H2,1H3,(H,23,29)(H,26,27,28). The van der Waals surface area contributed by atoms with Gasteiger partial charge in [-0.15, -0.1) is 11.3 Å². The van der Waals surface area contributed by atoms with E-state index >= 15 is 0 Å². The summed E-state index contributed by atoms with van der Waals surface area (Å²) in [7, 11) is 1.59. The Morgan fingerprint density at radius 1 is 1.17 bits per heavy atom. The van der Waals surface area contributed by atoms with Gasteiger partial charge in [0, 0.05) is 54.5 Å². The van der Waals surface area contributed by atoms with Crippen LogP contribution in [0.3, 0.4) is 0 Å². The van der Waals surface area contributed by atoms with E-state index in [0.717, 1.165) is 45.8 Å². The first kappa shape index (κ1) is 18.6. The number of allylic oxidation sites excluding steroid dienone is 1. The highest BCUT2D eigenvalue weighted by molar-refractivity contribution is 7.13. The van der Waals surface area contributed by atoms with Crippen molar-refractivity contribution < 1.29 is 9.59 Å². The van der Waals surface area contributed by atoms with Crippen molar-refractivity contribution in [2.24, 2.45) is 5.92 Å². The first-order valence-corrected chi connectivity index (χ1v) is 10.6. The molecule has 2 N–H and O–H groups in total. The van der Waals surface area contributed by atoms with Gasteiger partial charge in [0.2, 0.25) is 5.91 Å². The zero-order chi connectivity index (χ0) is 20.7. The van der Waals surface area contributed by atoms with Gasteiger partial charge in [0.05, 0.1) is 11.3 Å². The molecule has 0 unspecified atom stereocenters. The highest BCUT2D eigenvalue weighted by atomic mass is 32.1. The van der Waals surface area contributed by atoms with E-state index in [1.54, 1.807) is 30.8 Å². The van der Waals surface area contributed by atoms with E-state index in [2.05, 4.69) is 25.6 Å². The first-order valence-electron chi connectivity index (χ1n) is 9.75. The van der Waals surface area contributed by atoms with Crippen molar-refractivity contribution in [3.63, 3.8) is 0 Å². The highest BCUT2D eigenvalue weighted by Crippen LogP contribution is 2.38. The van der Waals surface area contributed by atoms with Crippen LogP contribution < -0.4 is 10.6 Å². The summed E-state index contributed by atoms with van der Waals surface area (Å²) >= 11 is 1.57. The van der Waals surface area contributed by atoms with Crippen LogP contribution in [0.1, 0.15) is 40.0 Å². The van der Waals surface area contributed by atoms with Crippen LogP contribution in [0.5, 0.6) is 0 Å². The van der Waals surface area contributed by atoms with Gasteiger partial charge in [-0.05, 0) is 42.2 Å². The summed E-state index contributed by atoms with van der Waals surface area (Å²) in [6.07, 6.45) is 9.43. The predicted molar refractivity (Wildman–Crippen MR) is 116 cm³/mol. The van der Waals surface area contributed by atoms with Gasteiger partial charge in [0.1, 0.15) is 10.8 Å². The lowest BCUT2D eigenvalue weighted by Gasteiger charge is -2.12. The van der Waals surface area contributed by atoms with Gasteiger partial charge in [-0.2, -0.15) is 0 Å². The van der Waals surface area contributed by atoms with E-state index in [0.29, 0.717) is 17.8 Å². The van der Waals surface area contributed by atoms with E-state index in [9.17, 15) is 9.59 Å². The summed E-state index contributed by atoms with van der Waals surface area (Å²) in [6, 6.07) is 3.94. The number of rotatable bonds is 5. The zero-order valence-corrected chi connectivity index (χ0v) is 17.1. The monoisotopic (exact) mass is 417 g/mol. The van der Waals surface area contributed by atoms with Crippen LogP contribution in [0.2, 0.25) is 0 Å². The lowest BCUT2D eigenvalue weighted by Crippen LogP contribution is -2.21. The normalized spacial score (nSPS) is 14.8. The van der Waals surface area contributed by atoms with Crippen LogP contribution in [0, 0.1) is 5.92 Å². The second kappa shape index (κ2) is 7.46. The van der Waals surface area contributed by atoms with E-state index in [-0.39, 0.29) is 17.7 Å². The fraction of sp³-hybridized carbons (Fsp3) is 0.227. The van der Waals surface area contributed by atoms with Crippen molar-refractivity contribution in [1.29, 1.82) is 0 Å². The van der Waals surface area contributed by atoms with Gasteiger partial charge in [-0.25, -0.2) is 9.97 Å². The molecule has 1 fully saturated rings. The minimum absolute atomic E-state index is 0.00487. The second-order valence-electron chi connectivity index (χ2n) is 7.37. The summed E-state index contributed by atoms with van der Waals surface area (Å²) in [5.74, 6) is 0.388. The van der Waals surface area contributed by atoms with Crippen molar-refractivity contribution in [2.45, 2.75) is 19.3 Å². The average Bonchev–Trinajstić information content (AvgIpc) is 3.29. The average molecular weight is 417 g/mol. The quantitative estimate of drug-likeness (QED) is 0.663. The Bertz CT molecular complexity index is 1180. The van der Waals surface area contributed by atoms with Crippen molar-refractivity contribution >= 4 is 40.6 Å². The second-order valence-corrected chi connectivity index (χ2v) is 8.26. The van der Waals surface area contributed by atoms with Crippen molar-refractivity contribution in [3.8, 4) is 10.6 Å².